The molecule has 0 aliphatic carbocycles. The molecule has 0 aliphatic rings. The van der Waals surface area contributed by atoms with Gasteiger partial charge in [-0.2, -0.15) is 0 Å². The Balaban J connectivity index is 0. The molecular weight excluding hydrogens is 154 g/mol. The van der Waals surface area contributed by atoms with Crippen molar-refractivity contribution in [3.05, 3.63) is 0 Å². The van der Waals surface area contributed by atoms with Crippen molar-refractivity contribution in [1.29, 1.82) is 0 Å². The Morgan fingerprint density at radius 1 is 1.50 bits per heavy atom. The predicted molar refractivity (Wildman–Crippen MR) is 43.2 cm³/mol. The van der Waals surface area contributed by atoms with Crippen LogP contribution in [0.1, 0.15) is 19.8 Å². The number of nitrogens with two attached hydrogens (primary N) is 1. The molecule has 0 aliphatic heterocycles. The number of rotatable bonds is 4. The molecule has 64 valence electrons. The zero-order valence-electron chi connectivity index (χ0n) is 6.16. The fourth-order valence-corrected chi connectivity index (χ4v) is 0.632. The fraction of sp³-hybridized carbons (Fsp3) is 1.00. The molecule has 2 unspecified atom stereocenters. The largest absolute Gasteiger partial charge is 0.395 e. The van der Waals surface area contributed by atoms with Gasteiger partial charge in [0.05, 0.1) is 18.8 Å². The van der Waals surface area contributed by atoms with E-state index in [0.29, 0.717) is 6.42 Å². The molecule has 0 spiro atoms. The highest BCUT2D eigenvalue weighted by Crippen LogP contribution is 1.98. The maximum Gasteiger partial charge on any atom is 0.0713 e. The van der Waals surface area contributed by atoms with E-state index >= 15 is 0 Å². The highest BCUT2D eigenvalue weighted by molar-refractivity contribution is 5.85. The lowest BCUT2D eigenvalue weighted by atomic mass is 10.1. The molecule has 2 atom stereocenters. The van der Waals surface area contributed by atoms with Crippen molar-refractivity contribution in [1.82, 2.24) is 0 Å². The second-order valence-corrected chi connectivity index (χ2v) is 2.20. The fourth-order valence-electron chi connectivity index (χ4n) is 0.632. The third kappa shape index (κ3) is 4.99. The summed E-state index contributed by atoms with van der Waals surface area (Å²) in [7, 11) is 0. The van der Waals surface area contributed by atoms with Gasteiger partial charge in [-0.3, -0.25) is 0 Å². The Hall–Kier alpha value is 0.170. The van der Waals surface area contributed by atoms with Gasteiger partial charge in [0, 0.05) is 0 Å². The average Bonchev–Trinajstić information content (AvgIpc) is 1.87. The number of halogens is 1. The van der Waals surface area contributed by atoms with E-state index in [-0.39, 0.29) is 19.0 Å². The predicted octanol–water partition coefficient (Wildman–Crippen LogP) is -0.111. The van der Waals surface area contributed by atoms with Crippen LogP contribution in [0, 0.1) is 0 Å². The van der Waals surface area contributed by atoms with Crippen molar-refractivity contribution >= 4 is 12.4 Å². The first-order valence-electron chi connectivity index (χ1n) is 3.26. The number of aliphatic hydroxyl groups is 2. The van der Waals surface area contributed by atoms with Crippen LogP contribution in [-0.2, 0) is 0 Å². The standard InChI is InChI=1S/C6H15NO2.ClH/c1-2-3-6(9)5(7)4-8;/h5-6,8-9H,2-4,7H2,1H3;1H. The van der Waals surface area contributed by atoms with E-state index in [4.69, 9.17) is 15.9 Å². The summed E-state index contributed by atoms with van der Waals surface area (Å²) >= 11 is 0. The minimum Gasteiger partial charge on any atom is -0.395 e. The lowest BCUT2D eigenvalue weighted by Crippen LogP contribution is -2.37. The molecule has 0 aromatic heterocycles. The summed E-state index contributed by atoms with van der Waals surface area (Å²) in [5.74, 6) is 0. The van der Waals surface area contributed by atoms with E-state index in [9.17, 15) is 0 Å². The van der Waals surface area contributed by atoms with Crippen molar-refractivity contribution in [3.63, 3.8) is 0 Å². The molecular formula is C6H16ClNO2. The van der Waals surface area contributed by atoms with E-state index in [1.807, 2.05) is 6.92 Å². The van der Waals surface area contributed by atoms with Gasteiger partial charge in [-0.25, -0.2) is 0 Å². The van der Waals surface area contributed by atoms with Gasteiger partial charge in [-0.1, -0.05) is 13.3 Å². The number of aliphatic hydroxyl groups excluding tert-OH is 2. The van der Waals surface area contributed by atoms with Gasteiger partial charge in [0.15, 0.2) is 0 Å². The Bertz CT molecular complexity index is 72.8. The second-order valence-electron chi connectivity index (χ2n) is 2.20. The van der Waals surface area contributed by atoms with Crippen molar-refractivity contribution in [2.75, 3.05) is 6.61 Å². The first kappa shape index (κ1) is 12.8. The van der Waals surface area contributed by atoms with Crippen molar-refractivity contribution in [2.45, 2.75) is 31.9 Å². The smallest absolute Gasteiger partial charge is 0.0713 e. The molecule has 0 aromatic rings. The van der Waals surface area contributed by atoms with Gasteiger partial charge >= 0.3 is 0 Å². The molecule has 0 rings (SSSR count). The van der Waals surface area contributed by atoms with Gasteiger partial charge in [-0.05, 0) is 6.42 Å². The Kier molecular flexibility index (Phi) is 9.33. The van der Waals surface area contributed by atoms with Crippen LogP contribution in [-0.4, -0.2) is 29.0 Å². The van der Waals surface area contributed by atoms with Gasteiger partial charge in [0.25, 0.3) is 0 Å². The van der Waals surface area contributed by atoms with Gasteiger partial charge < -0.3 is 15.9 Å². The molecule has 0 heterocycles. The molecule has 0 saturated heterocycles. The molecule has 10 heavy (non-hydrogen) atoms. The lowest BCUT2D eigenvalue weighted by molar-refractivity contribution is 0.101. The van der Waals surface area contributed by atoms with E-state index in [2.05, 4.69) is 0 Å². The number of hydrogen-bond acceptors (Lipinski definition) is 3. The first-order valence-corrected chi connectivity index (χ1v) is 3.26. The summed E-state index contributed by atoms with van der Waals surface area (Å²) in [6.07, 6.45) is 1.02. The van der Waals surface area contributed by atoms with Crippen molar-refractivity contribution in [3.8, 4) is 0 Å². The van der Waals surface area contributed by atoms with E-state index in [1.54, 1.807) is 0 Å². The van der Waals surface area contributed by atoms with E-state index in [0.717, 1.165) is 6.42 Å². The quantitative estimate of drug-likeness (QED) is 0.550. The topological polar surface area (TPSA) is 66.5 Å². The van der Waals surface area contributed by atoms with Crippen LogP contribution in [0.4, 0.5) is 0 Å². The summed E-state index contributed by atoms with van der Waals surface area (Å²) in [6, 6.07) is -0.468. The zero-order chi connectivity index (χ0) is 7.28. The summed E-state index contributed by atoms with van der Waals surface area (Å²) in [5, 5.41) is 17.5. The minimum absolute atomic E-state index is 0. The van der Waals surface area contributed by atoms with Gasteiger partial charge in [0.1, 0.15) is 0 Å². The van der Waals surface area contributed by atoms with E-state index in [1.165, 1.54) is 0 Å². The van der Waals surface area contributed by atoms with Crippen molar-refractivity contribution < 1.29 is 10.2 Å². The summed E-state index contributed by atoms with van der Waals surface area (Å²) in [6.45, 7) is 1.83. The SMILES string of the molecule is CCCC(O)C(N)CO.Cl. The molecule has 4 heteroatoms. The summed E-state index contributed by atoms with van der Waals surface area (Å²) in [4.78, 5) is 0. The molecule has 3 nitrogen and oxygen atoms in total. The molecule has 0 saturated carbocycles. The normalized spacial score (nSPS) is 15.6. The lowest BCUT2D eigenvalue weighted by Gasteiger charge is -2.14. The first-order chi connectivity index (χ1) is 4.22. The summed E-state index contributed by atoms with van der Waals surface area (Å²) in [5.41, 5.74) is 5.30. The Labute approximate surface area is 67.6 Å². The average molecular weight is 170 g/mol. The molecule has 0 bridgehead atoms. The van der Waals surface area contributed by atoms with Crippen LogP contribution >= 0.6 is 12.4 Å². The van der Waals surface area contributed by atoms with E-state index < -0.39 is 12.1 Å². The van der Waals surface area contributed by atoms with Crippen LogP contribution in [0.5, 0.6) is 0 Å². The number of hydrogen-bond donors (Lipinski definition) is 3. The van der Waals surface area contributed by atoms with Crippen LogP contribution in [0.15, 0.2) is 0 Å². The minimum atomic E-state index is -0.542. The maximum atomic E-state index is 9.03. The van der Waals surface area contributed by atoms with Gasteiger partial charge in [-0.15, -0.1) is 12.4 Å². The van der Waals surface area contributed by atoms with Crippen LogP contribution < -0.4 is 5.73 Å². The highest BCUT2D eigenvalue weighted by Gasteiger charge is 2.10. The van der Waals surface area contributed by atoms with Crippen LogP contribution in [0.2, 0.25) is 0 Å². The molecule has 4 N–H and O–H groups in total. The van der Waals surface area contributed by atoms with Crippen LogP contribution in [0.3, 0.4) is 0 Å². The summed E-state index contributed by atoms with van der Waals surface area (Å²) < 4.78 is 0. The zero-order valence-corrected chi connectivity index (χ0v) is 6.97. The third-order valence-corrected chi connectivity index (χ3v) is 1.29. The molecule has 0 amide bonds. The highest BCUT2D eigenvalue weighted by atomic mass is 35.5. The second kappa shape index (κ2) is 7.28. The Morgan fingerprint density at radius 2 is 2.00 bits per heavy atom. The van der Waals surface area contributed by atoms with Gasteiger partial charge in [0.2, 0.25) is 0 Å². The Morgan fingerprint density at radius 3 is 2.30 bits per heavy atom. The van der Waals surface area contributed by atoms with Crippen LogP contribution in [0.25, 0.3) is 0 Å². The van der Waals surface area contributed by atoms with Crippen molar-refractivity contribution in [2.24, 2.45) is 5.73 Å². The molecule has 0 fully saturated rings. The maximum absolute atomic E-state index is 9.03. The molecule has 0 radical (unpaired) electrons. The molecule has 0 aromatic carbocycles. The monoisotopic (exact) mass is 169 g/mol. The third-order valence-electron chi connectivity index (χ3n) is 1.29.